The fraction of sp³-hybridized carbons (Fsp3) is 0.647. The molecule has 0 aromatic heterocycles. The Morgan fingerprint density at radius 2 is 1.86 bits per heavy atom. The highest BCUT2D eigenvalue weighted by Gasteiger charge is 2.31. The Labute approximate surface area is 126 Å². The summed E-state index contributed by atoms with van der Waals surface area (Å²) in [4.78, 5) is 4.90. The van der Waals surface area contributed by atoms with Crippen LogP contribution in [0.15, 0.2) is 24.3 Å². The number of benzene rings is 1. The molecule has 0 spiro atoms. The maximum absolute atomic E-state index is 14.1. The molecule has 116 valence electrons. The van der Waals surface area contributed by atoms with Crippen molar-refractivity contribution < 1.29 is 4.39 Å². The first-order chi connectivity index (χ1) is 10.1. The molecule has 1 aromatic carbocycles. The topological polar surface area (TPSA) is 32.5 Å². The van der Waals surface area contributed by atoms with Gasteiger partial charge in [0.1, 0.15) is 5.82 Å². The van der Waals surface area contributed by atoms with Gasteiger partial charge in [-0.2, -0.15) is 0 Å². The van der Waals surface area contributed by atoms with Gasteiger partial charge in [-0.3, -0.25) is 4.90 Å². The monoisotopic (exact) mass is 291 g/mol. The van der Waals surface area contributed by atoms with E-state index in [4.69, 9.17) is 5.73 Å². The predicted molar refractivity (Wildman–Crippen MR) is 83.5 cm³/mol. The zero-order valence-corrected chi connectivity index (χ0v) is 12.8. The number of piperazine rings is 1. The van der Waals surface area contributed by atoms with Gasteiger partial charge in [-0.15, -0.1) is 0 Å². The first-order valence-electron chi connectivity index (χ1n) is 8.11. The minimum Gasteiger partial charge on any atom is -0.326 e. The molecule has 1 heterocycles. The Bertz CT molecular complexity index is 465. The second-order valence-corrected chi connectivity index (χ2v) is 6.61. The smallest absolute Gasteiger partial charge is 0.128 e. The lowest BCUT2D eigenvalue weighted by Gasteiger charge is -2.41. The molecule has 1 saturated carbocycles. The second kappa shape index (κ2) is 6.42. The second-order valence-electron chi connectivity index (χ2n) is 6.61. The normalized spacial score (nSPS) is 24.0. The average Bonchev–Trinajstić information content (AvgIpc) is 3.27. The molecule has 1 saturated heterocycles. The summed E-state index contributed by atoms with van der Waals surface area (Å²) in [7, 11) is 0. The van der Waals surface area contributed by atoms with Gasteiger partial charge in [0.05, 0.1) is 6.04 Å². The number of rotatable bonds is 5. The van der Waals surface area contributed by atoms with Crippen molar-refractivity contribution in [1.29, 1.82) is 0 Å². The van der Waals surface area contributed by atoms with Crippen molar-refractivity contribution in [2.24, 2.45) is 11.7 Å². The Morgan fingerprint density at radius 1 is 1.19 bits per heavy atom. The Morgan fingerprint density at radius 3 is 2.43 bits per heavy atom. The molecular formula is C17H26FN3. The Kier molecular flexibility index (Phi) is 4.57. The van der Waals surface area contributed by atoms with Gasteiger partial charge in [-0.05, 0) is 31.7 Å². The maximum atomic E-state index is 14.1. The fourth-order valence-electron chi connectivity index (χ4n) is 3.42. The van der Waals surface area contributed by atoms with Gasteiger partial charge in [0.25, 0.3) is 0 Å². The summed E-state index contributed by atoms with van der Waals surface area (Å²) in [6.45, 7) is 7.34. The fourth-order valence-corrected chi connectivity index (χ4v) is 3.42. The quantitative estimate of drug-likeness (QED) is 0.903. The largest absolute Gasteiger partial charge is 0.326 e. The minimum absolute atomic E-state index is 0.0192. The van der Waals surface area contributed by atoms with Gasteiger partial charge in [0, 0.05) is 44.3 Å². The molecule has 2 aliphatic rings. The van der Waals surface area contributed by atoms with Crippen LogP contribution in [0.5, 0.6) is 0 Å². The molecule has 3 nitrogen and oxygen atoms in total. The van der Waals surface area contributed by atoms with E-state index in [0.717, 1.165) is 37.7 Å². The first-order valence-corrected chi connectivity index (χ1v) is 8.11. The first kappa shape index (κ1) is 14.9. The van der Waals surface area contributed by atoms with Gasteiger partial charge < -0.3 is 10.6 Å². The lowest BCUT2D eigenvalue weighted by molar-refractivity contribution is 0.0827. The molecule has 2 N–H and O–H groups in total. The van der Waals surface area contributed by atoms with Crippen LogP contribution in [0.4, 0.5) is 4.39 Å². The van der Waals surface area contributed by atoms with E-state index >= 15 is 0 Å². The van der Waals surface area contributed by atoms with Crippen LogP contribution in [-0.4, -0.2) is 48.6 Å². The summed E-state index contributed by atoms with van der Waals surface area (Å²) >= 11 is 0. The lowest BCUT2D eigenvalue weighted by Crippen LogP contribution is -2.51. The van der Waals surface area contributed by atoms with Crippen LogP contribution >= 0.6 is 0 Å². The van der Waals surface area contributed by atoms with E-state index < -0.39 is 0 Å². The average molecular weight is 291 g/mol. The summed E-state index contributed by atoms with van der Waals surface area (Å²) < 4.78 is 14.1. The molecule has 2 fully saturated rings. The molecule has 2 atom stereocenters. The minimum atomic E-state index is -0.139. The summed E-state index contributed by atoms with van der Waals surface area (Å²) in [5.41, 5.74) is 6.91. The van der Waals surface area contributed by atoms with E-state index in [-0.39, 0.29) is 17.9 Å². The summed E-state index contributed by atoms with van der Waals surface area (Å²) in [5.74, 6) is 0.799. The molecule has 3 rings (SSSR count). The highest BCUT2D eigenvalue weighted by atomic mass is 19.1. The molecule has 21 heavy (non-hydrogen) atoms. The number of halogens is 1. The van der Waals surface area contributed by atoms with Crippen LogP contribution in [0, 0.1) is 11.7 Å². The molecule has 4 heteroatoms. The van der Waals surface area contributed by atoms with Crippen molar-refractivity contribution in [3.8, 4) is 0 Å². The maximum Gasteiger partial charge on any atom is 0.128 e. The lowest BCUT2D eigenvalue weighted by atomic mass is 9.98. The van der Waals surface area contributed by atoms with Crippen molar-refractivity contribution in [3.05, 3.63) is 35.6 Å². The van der Waals surface area contributed by atoms with Crippen molar-refractivity contribution in [2.45, 2.75) is 31.8 Å². The van der Waals surface area contributed by atoms with Crippen LogP contribution < -0.4 is 5.73 Å². The standard InChI is InChI=1S/C17H26FN3/c1-13(19)17(15-4-2-3-5-16(15)18)21-10-8-20(9-11-21)12-14-6-7-14/h2-5,13-14,17H,6-12,19H2,1H3. The summed E-state index contributed by atoms with van der Waals surface area (Å²) in [5, 5.41) is 0. The predicted octanol–water partition coefficient (Wildman–Crippen LogP) is 2.24. The van der Waals surface area contributed by atoms with E-state index in [9.17, 15) is 4.39 Å². The SMILES string of the molecule is CC(N)C(c1ccccc1F)N1CCN(CC2CC2)CC1. The van der Waals surface area contributed by atoms with Crippen molar-refractivity contribution in [3.63, 3.8) is 0 Å². The van der Waals surface area contributed by atoms with Crippen LogP contribution in [0.2, 0.25) is 0 Å². The van der Waals surface area contributed by atoms with E-state index in [0.29, 0.717) is 0 Å². The molecule has 1 aliphatic heterocycles. The molecule has 0 bridgehead atoms. The number of nitrogens with two attached hydrogens (primary N) is 1. The van der Waals surface area contributed by atoms with Gasteiger partial charge in [0.15, 0.2) is 0 Å². The Balaban J connectivity index is 1.66. The number of hydrogen-bond donors (Lipinski definition) is 1. The van der Waals surface area contributed by atoms with Gasteiger partial charge >= 0.3 is 0 Å². The highest BCUT2D eigenvalue weighted by Crippen LogP contribution is 2.31. The third kappa shape index (κ3) is 3.62. The number of hydrogen-bond acceptors (Lipinski definition) is 3. The molecule has 1 aliphatic carbocycles. The zero-order valence-electron chi connectivity index (χ0n) is 12.8. The van der Waals surface area contributed by atoms with Gasteiger partial charge in [-0.1, -0.05) is 18.2 Å². The highest BCUT2D eigenvalue weighted by molar-refractivity contribution is 5.23. The summed E-state index contributed by atoms with van der Waals surface area (Å²) in [6, 6.07) is 6.96. The Hall–Kier alpha value is -0.970. The zero-order chi connectivity index (χ0) is 14.8. The van der Waals surface area contributed by atoms with Gasteiger partial charge in [0.2, 0.25) is 0 Å². The van der Waals surface area contributed by atoms with Crippen molar-refractivity contribution in [2.75, 3.05) is 32.7 Å². The van der Waals surface area contributed by atoms with Crippen LogP contribution in [0.1, 0.15) is 31.4 Å². The molecule has 2 unspecified atom stereocenters. The van der Waals surface area contributed by atoms with Gasteiger partial charge in [-0.25, -0.2) is 4.39 Å². The molecule has 0 radical (unpaired) electrons. The van der Waals surface area contributed by atoms with E-state index in [1.54, 1.807) is 6.07 Å². The third-order valence-corrected chi connectivity index (χ3v) is 4.74. The number of nitrogens with zero attached hydrogens (tertiary/aromatic N) is 2. The van der Waals surface area contributed by atoms with E-state index in [1.165, 1.54) is 25.5 Å². The molecule has 1 aromatic rings. The summed E-state index contributed by atoms with van der Waals surface area (Å²) in [6.07, 6.45) is 2.80. The van der Waals surface area contributed by atoms with E-state index in [2.05, 4.69) is 9.80 Å². The van der Waals surface area contributed by atoms with Crippen LogP contribution in [0.3, 0.4) is 0 Å². The van der Waals surface area contributed by atoms with Crippen LogP contribution in [0.25, 0.3) is 0 Å². The van der Waals surface area contributed by atoms with Crippen molar-refractivity contribution >= 4 is 0 Å². The van der Waals surface area contributed by atoms with E-state index in [1.807, 2.05) is 19.1 Å². The van der Waals surface area contributed by atoms with Crippen molar-refractivity contribution in [1.82, 2.24) is 9.80 Å². The third-order valence-electron chi connectivity index (χ3n) is 4.74. The van der Waals surface area contributed by atoms with Crippen LogP contribution in [-0.2, 0) is 0 Å². The molecule has 0 amide bonds. The molecular weight excluding hydrogens is 265 g/mol.